The van der Waals surface area contributed by atoms with Gasteiger partial charge in [0, 0.05) is 31.5 Å². The van der Waals surface area contributed by atoms with Crippen molar-refractivity contribution < 1.29 is 17.9 Å². The molecular weight excluding hydrogens is 318 g/mol. The molecular formula is C15H17N3O4S. The first kappa shape index (κ1) is 16.9. The molecule has 1 amide bonds. The number of hydrogen-bond donors (Lipinski definition) is 2. The number of methoxy groups -OCH3 is 1. The molecule has 1 aromatic heterocycles. The molecule has 2 aromatic rings. The standard InChI is InChI=1S/C15H17N3O4S/c1-11(19)18-13-5-6-14(22-2)15(8-13)23(20,21)17-10-12-4-3-7-16-9-12/h3-9,17H,10H2,1-2H3,(H,18,19). The molecule has 0 saturated heterocycles. The minimum atomic E-state index is -3.81. The fourth-order valence-corrected chi connectivity index (χ4v) is 3.14. The smallest absolute Gasteiger partial charge is 0.244 e. The molecule has 1 heterocycles. The van der Waals surface area contributed by atoms with Gasteiger partial charge in [-0.25, -0.2) is 13.1 Å². The highest BCUT2D eigenvalue weighted by Crippen LogP contribution is 2.27. The van der Waals surface area contributed by atoms with Gasteiger partial charge in [-0.15, -0.1) is 0 Å². The van der Waals surface area contributed by atoms with Crippen LogP contribution in [0, 0.1) is 0 Å². The molecule has 0 fully saturated rings. The summed E-state index contributed by atoms with van der Waals surface area (Å²) in [6, 6.07) is 7.90. The normalized spacial score (nSPS) is 11.0. The van der Waals surface area contributed by atoms with Crippen LogP contribution in [-0.4, -0.2) is 26.4 Å². The molecule has 8 heteroatoms. The first-order valence-electron chi connectivity index (χ1n) is 6.76. The summed E-state index contributed by atoms with van der Waals surface area (Å²) in [5, 5.41) is 2.55. The van der Waals surface area contributed by atoms with E-state index in [2.05, 4.69) is 15.0 Å². The number of benzene rings is 1. The van der Waals surface area contributed by atoms with Crippen molar-refractivity contribution in [3.63, 3.8) is 0 Å². The maximum absolute atomic E-state index is 12.5. The summed E-state index contributed by atoms with van der Waals surface area (Å²) >= 11 is 0. The van der Waals surface area contributed by atoms with Gasteiger partial charge in [0.25, 0.3) is 0 Å². The second kappa shape index (κ2) is 7.21. The van der Waals surface area contributed by atoms with Gasteiger partial charge in [-0.05, 0) is 29.8 Å². The molecule has 0 aliphatic rings. The van der Waals surface area contributed by atoms with Gasteiger partial charge in [0.15, 0.2) is 0 Å². The van der Waals surface area contributed by atoms with Gasteiger partial charge in [0.05, 0.1) is 7.11 Å². The first-order valence-corrected chi connectivity index (χ1v) is 8.25. The number of carbonyl (C=O) groups is 1. The molecule has 7 nitrogen and oxygen atoms in total. The summed E-state index contributed by atoms with van der Waals surface area (Å²) in [6.45, 7) is 1.45. The van der Waals surface area contributed by atoms with E-state index in [1.54, 1.807) is 30.6 Å². The average molecular weight is 335 g/mol. The molecule has 0 atom stereocenters. The van der Waals surface area contributed by atoms with E-state index < -0.39 is 10.0 Å². The van der Waals surface area contributed by atoms with Gasteiger partial charge in [0.2, 0.25) is 15.9 Å². The maximum atomic E-state index is 12.5. The molecule has 0 aliphatic carbocycles. The number of amides is 1. The highest BCUT2D eigenvalue weighted by Gasteiger charge is 2.20. The lowest BCUT2D eigenvalue weighted by Gasteiger charge is -2.12. The van der Waals surface area contributed by atoms with E-state index in [4.69, 9.17) is 4.74 Å². The summed E-state index contributed by atoms with van der Waals surface area (Å²) < 4.78 is 32.6. The molecule has 2 N–H and O–H groups in total. The number of sulfonamides is 1. The molecule has 0 aliphatic heterocycles. The van der Waals surface area contributed by atoms with Crippen molar-refractivity contribution >= 4 is 21.6 Å². The molecule has 122 valence electrons. The molecule has 23 heavy (non-hydrogen) atoms. The molecule has 0 radical (unpaired) electrons. The molecule has 2 rings (SSSR count). The van der Waals surface area contributed by atoms with Crippen LogP contribution in [0.4, 0.5) is 5.69 Å². The van der Waals surface area contributed by atoms with Gasteiger partial charge in [0.1, 0.15) is 10.6 Å². The van der Waals surface area contributed by atoms with E-state index in [0.29, 0.717) is 5.69 Å². The van der Waals surface area contributed by atoms with Crippen LogP contribution in [-0.2, 0) is 21.4 Å². The summed E-state index contributed by atoms with van der Waals surface area (Å²) in [6.07, 6.45) is 3.19. The van der Waals surface area contributed by atoms with Crippen molar-refractivity contribution in [1.29, 1.82) is 0 Å². The van der Waals surface area contributed by atoms with Crippen LogP contribution >= 0.6 is 0 Å². The van der Waals surface area contributed by atoms with Crippen LogP contribution < -0.4 is 14.8 Å². The number of nitrogens with zero attached hydrogens (tertiary/aromatic N) is 1. The zero-order chi connectivity index (χ0) is 16.9. The minimum absolute atomic E-state index is 0.0462. The van der Waals surface area contributed by atoms with Crippen molar-refractivity contribution in [3.8, 4) is 5.75 Å². The quantitative estimate of drug-likeness (QED) is 0.834. The Morgan fingerprint density at radius 1 is 1.30 bits per heavy atom. The van der Waals surface area contributed by atoms with Crippen molar-refractivity contribution in [2.45, 2.75) is 18.4 Å². The molecule has 1 aromatic carbocycles. The fourth-order valence-electron chi connectivity index (χ4n) is 1.93. The number of hydrogen-bond acceptors (Lipinski definition) is 5. The Morgan fingerprint density at radius 2 is 2.09 bits per heavy atom. The topological polar surface area (TPSA) is 97.4 Å². The number of rotatable bonds is 6. The monoisotopic (exact) mass is 335 g/mol. The van der Waals surface area contributed by atoms with Crippen LogP contribution in [0.1, 0.15) is 12.5 Å². The first-order chi connectivity index (χ1) is 10.9. The average Bonchev–Trinajstić information content (AvgIpc) is 2.53. The van der Waals surface area contributed by atoms with E-state index in [-0.39, 0.29) is 23.1 Å². The van der Waals surface area contributed by atoms with E-state index in [1.165, 1.54) is 26.2 Å². The fraction of sp³-hybridized carbons (Fsp3) is 0.200. The predicted molar refractivity (Wildman–Crippen MR) is 85.6 cm³/mol. The second-order valence-corrected chi connectivity index (χ2v) is 6.47. The lowest BCUT2D eigenvalue weighted by molar-refractivity contribution is -0.114. The Kier molecular flexibility index (Phi) is 5.30. The number of nitrogens with one attached hydrogen (secondary N) is 2. The summed E-state index contributed by atoms with van der Waals surface area (Å²) in [4.78, 5) is 15.0. The summed E-state index contributed by atoms with van der Waals surface area (Å²) in [5.74, 6) is -0.0976. The van der Waals surface area contributed by atoms with Crippen molar-refractivity contribution in [3.05, 3.63) is 48.3 Å². The third-order valence-corrected chi connectivity index (χ3v) is 4.39. The Balaban J connectivity index is 2.28. The van der Waals surface area contributed by atoms with E-state index >= 15 is 0 Å². The summed E-state index contributed by atoms with van der Waals surface area (Å²) in [5.41, 5.74) is 1.10. The number of anilines is 1. The van der Waals surface area contributed by atoms with Gasteiger partial charge in [-0.2, -0.15) is 0 Å². The van der Waals surface area contributed by atoms with Crippen molar-refractivity contribution in [2.75, 3.05) is 12.4 Å². The van der Waals surface area contributed by atoms with Gasteiger partial charge < -0.3 is 10.1 Å². The SMILES string of the molecule is COc1ccc(NC(C)=O)cc1S(=O)(=O)NCc1cccnc1. The Hall–Kier alpha value is -2.45. The van der Waals surface area contributed by atoms with Crippen molar-refractivity contribution in [2.24, 2.45) is 0 Å². The molecule has 0 unspecified atom stereocenters. The van der Waals surface area contributed by atoms with Gasteiger partial charge in [-0.1, -0.05) is 6.07 Å². The van der Waals surface area contributed by atoms with Crippen LogP contribution in [0.15, 0.2) is 47.6 Å². The zero-order valence-corrected chi connectivity index (χ0v) is 13.6. The van der Waals surface area contributed by atoms with Crippen LogP contribution in [0.2, 0.25) is 0 Å². The third kappa shape index (κ3) is 4.51. The zero-order valence-electron chi connectivity index (χ0n) is 12.7. The molecule has 0 saturated carbocycles. The Morgan fingerprint density at radius 3 is 2.70 bits per heavy atom. The lowest BCUT2D eigenvalue weighted by atomic mass is 10.3. The highest BCUT2D eigenvalue weighted by atomic mass is 32.2. The Bertz CT molecular complexity index is 792. The summed E-state index contributed by atoms with van der Waals surface area (Å²) in [7, 11) is -2.43. The number of pyridine rings is 1. The van der Waals surface area contributed by atoms with Gasteiger partial charge >= 0.3 is 0 Å². The minimum Gasteiger partial charge on any atom is -0.495 e. The second-order valence-electron chi connectivity index (χ2n) is 4.73. The van der Waals surface area contributed by atoms with Crippen molar-refractivity contribution in [1.82, 2.24) is 9.71 Å². The van der Waals surface area contributed by atoms with E-state index in [9.17, 15) is 13.2 Å². The molecule has 0 spiro atoms. The van der Waals surface area contributed by atoms with E-state index in [1.807, 2.05) is 0 Å². The number of ether oxygens (including phenoxy) is 1. The van der Waals surface area contributed by atoms with Gasteiger partial charge in [-0.3, -0.25) is 9.78 Å². The van der Waals surface area contributed by atoms with Crippen LogP contribution in [0.3, 0.4) is 0 Å². The predicted octanol–water partition coefficient (Wildman–Crippen LogP) is 1.53. The third-order valence-electron chi connectivity index (χ3n) is 2.96. The number of carbonyl (C=O) groups excluding carboxylic acids is 1. The maximum Gasteiger partial charge on any atom is 0.244 e. The van der Waals surface area contributed by atoms with E-state index in [0.717, 1.165) is 5.56 Å². The lowest BCUT2D eigenvalue weighted by Crippen LogP contribution is -2.24. The molecule has 0 bridgehead atoms. The van der Waals surface area contributed by atoms with Crippen LogP contribution in [0.5, 0.6) is 5.75 Å². The largest absolute Gasteiger partial charge is 0.495 e. The highest BCUT2D eigenvalue weighted by molar-refractivity contribution is 7.89. The van der Waals surface area contributed by atoms with Crippen LogP contribution in [0.25, 0.3) is 0 Å². The number of aromatic nitrogens is 1. The Labute approximate surface area is 134 Å².